The van der Waals surface area contributed by atoms with Crippen molar-refractivity contribution in [3.8, 4) is 5.75 Å². The summed E-state index contributed by atoms with van der Waals surface area (Å²) in [5, 5.41) is 1.39. The van der Waals surface area contributed by atoms with E-state index >= 15 is 0 Å². The summed E-state index contributed by atoms with van der Waals surface area (Å²) in [5.74, 6) is -0.304. The third-order valence-corrected chi connectivity index (χ3v) is 6.45. The molecule has 0 aromatic heterocycles. The van der Waals surface area contributed by atoms with Gasteiger partial charge in [0.05, 0.1) is 11.5 Å². The van der Waals surface area contributed by atoms with E-state index in [1.807, 2.05) is 24.3 Å². The van der Waals surface area contributed by atoms with Gasteiger partial charge in [-0.3, -0.25) is 4.79 Å². The molecule has 0 aliphatic carbocycles. The molecule has 152 valence electrons. The van der Waals surface area contributed by atoms with Crippen LogP contribution in [0.3, 0.4) is 0 Å². The van der Waals surface area contributed by atoms with E-state index in [0.29, 0.717) is 19.6 Å². The summed E-state index contributed by atoms with van der Waals surface area (Å²) in [5.41, 5.74) is 1.01. The van der Waals surface area contributed by atoms with E-state index in [4.69, 9.17) is 4.74 Å². The lowest BCUT2D eigenvalue weighted by molar-refractivity contribution is -0.120. The molecule has 5 nitrogen and oxygen atoms in total. The minimum atomic E-state index is -3.86. The van der Waals surface area contributed by atoms with Gasteiger partial charge < -0.3 is 10.1 Å². The SMILES string of the molecule is CCCCOc1ccc(CCNC(=O)C(C)S(=O)(=O)c2ccc(F)cc2)cc1. The molecule has 0 spiro atoms. The summed E-state index contributed by atoms with van der Waals surface area (Å²) >= 11 is 0. The van der Waals surface area contributed by atoms with Gasteiger partial charge in [-0.1, -0.05) is 25.5 Å². The molecule has 0 radical (unpaired) electrons. The van der Waals surface area contributed by atoms with Crippen molar-refractivity contribution < 1.29 is 22.3 Å². The maximum absolute atomic E-state index is 13.0. The monoisotopic (exact) mass is 407 g/mol. The molecule has 2 rings (SSSR count). The van der Waals surface area contributed by atoms with Crippen molar-refractivity contribution in [2.75, 3.05) is 13.2 Å². The molecule has 0 bridgehead atoms. The molecule has 0 heterocycles. The van der Waals surface area contributed by atoms with Crippen LogP contribution in [0.15, 0.2) is 53.4 Å². The van der Waals surface area contributed by atoms with Crippen LogP contribution in [0.4, 0.5) is 4.39 Å². The minimum Gasteiger partial charge on any atom is -0.494 e. The Morgan fingerprint density at radius 3 is 2.36 bits per heavy atom. The molecule has 0 fully saturated rings. The standard InChI is InChI=1S/C21H26FNO4S/c1-3-4-15-27-19-9-5-17(6-10-19)13-14-23-21(24)16(2)28(25,26)20-11-7-18(22)8-12-20/h5-12,16H,3-4,13-15H2,1-2H3,(H,23,24). The number of amides is 1. The number of unbranched alkanes of at least 4 members (excludes halogenated alkanes) is 1. The third kappa shape index (κ3) is 6.05. The van der Waals surface area contributed by atoms with Crippen LogP contribution in [0, 0.1) is 5.82 Å². The Labute approximate surface area is 165 Å². The molecule has 0 saturated heterocycles. The Morgan fingerprint density at radius 1 is 1.11 bits per heavy atom. The lowest BCUT2D eigenvalue weighted by Crippen LogP contribution is -2.38. The number of halogens is 1. The molecule has 2 aromatic carbocycles. The van der Waals surface area contributed by atoms with E-state index in [-0.39, 0.29) is 4.90 Å². The zero-order valence-electron chi connectivity index (χ0n) is 16.2. The predicted molar refractivity (Wildman–Crippen MR) is 107 cm³/mol. The number of nitrogens with one attached hydrogen (secondary N) is 1. The zero-order chi connectivity index (χ0) is 20.6. The Morgan fingerprint density at radius 2 is 1.75 bits per heavy atom. The number of rotatable bonds is 10. The number of benzene rings is 2. The summed E-state index contributed by atoms with van der Waals surface area (Å²) in [6.07, 6.45) is 2.66. The Balaban J connectivity index is 1.85. The number of hydrogen-bond donors (Lipinski definition) is 1. The summed E-state index contributed by atoms with van der Waals surface area (Å²) in [6, 6.07) is 12.1. The van der Waals surface area contributed by atoms with E-state index in [0.717, 1.165) is 36.3 Å². The highest BCUT2D eigenvalue weighted by molar-refractivity contribution is 7.92. The predicted octanol–water partition coefficient (Wildman–Crippen LogP) is 3.53. The molecular formula is C21H26FNO4S. The fraction of sp³-hybridized carbons (Fsp3) is 0.381. The topological polar surface area (TPSA) is 72.5 Å². The quantitative estimate of drug-likeness (QED) is 0.483. The second kappa shape index (κ2) is 10.2. The van der Waals surface area contributed by atoms with Crippen LogP contribution < -0.4 is 10.1 Å². The summed E-state index contributed by atoms with van der Waals surface area (Å²) in [6.45, 7) is 4.44. The van der Waals surface area contributed by atoms with Crippen LogP contribution >= 0.6 is 0 Å². The first-order valence-electron chi connectivity index (χ1n) is 9.33. The highest BCUT2D eigenvalue weighted by atomic mass is 32.2. The second-order valence-corrected chi connectivity index (χ2v) is 8.80. The Kier molecular flexibility index (Phi) is 7.99. The highest BCUT2D eigenvalue weighted by Crippen LogP contribution is 2.17. The summed E-state index contributed by atoms with van der Waals surface area (Å²) in [7, 11) is -3.86. The van der Waals surface area contributed by atoms with Crippen LogP contribution in [0.25, 0.3) is 0 Å². The average molecular weight is 408 g/mol. The zero-order valence-corrected chi connectivity index (χ0v) is 17.0. The lowest BCUT2D eigenvalue weighted by atomic mass is 10.1. The number of carbonyl (C=O) groups excluding carboxylic acids is 1. The molecule has 1 unspecified atom stereocenters. The fourth-order valence-electron chi connectivity index (χ4n) is 2.53. The van der Waals surface area contributed by atoms with Crippen molar-refractivity contribution in [1.29, 1.82) is 0 Å². The van der Waals surface area contributed by atoms with Crippen molar-refractivity contribution >= 4 is 15.7 Å². The number of ether oxygens (including phenoxy) is 1. The van der Waals surface area contributed by atoms with Gasteiger partial charge in [-0.15, -0.1) is 0 Å². The van der Waals surface area contributed by atoms with Crippen LogP contribution in [0.1, 0.15) is 32.3 Å². The van der Waals surface area contributed by atoms with E-state index in [2.05, 4.69) is 12.2 Å². The first-order chi connectivity index (χ1) is 13.3. The Bertz CT molecular complexity index is 864. The van der Waals surface area contributed by atoms with Crippen molar-refractivity contribution in [1.82, 2.24) is 5.32 Å². The van der Waals surface area contributed by atoms with E-state index in [9.17, 15) is 17.6 Å². The van der Waals surface area contributed by atoms with Crippen molar-refractivity contribution in [3.05, 3.63) is 59.9 Å². The smallest absolute Gasteiger partial charge is 0.238 e. The molecule has 1 amide bonds. The van der Waals surface area contributed by atoms with Crippen molar-refractivity contribution in [2.24, 2.45) is 0 Å². The maximum atomic E-state index is 13.0. The van der Waals surface area contributed by atoms with Gasteiger partial charge in [-0.25, -0.2) is 12.8 Å². The van der Waals surface area contributed by atoms with Crippen LogP contribution in [0.5, 0.6) is 5.75 Å². The van der Waals surface area contributed by atoms with Gasteiger partial charge in [0, 0.05) is 6.54 Å². The fourth-order valence-corrected chi connectivity index (χ4v) is 3.82. The Hall–Kier alpha value is -2.41. The van der Waals surface area contributed by atoms with Gasteiger partial charge in [0.2, 0.25) is 5.91 Å². The van der Waals surface area contributed by atoms with E-state index < -0.39 is 26.8 Å². The largest absolute Gasteiger partial charge is 0.494 e. The normalized spacial score (nSPS) is 12.4. The highest BCUT2D eigenvalue weighted by Gasteiger charge is 2.29. The van der Waals surface area contributed by atoms with Gasteiger partial charge in [0.15, 0.2) is 9.84 Å². The van der Waals surface area contributed by atoms with Crippen LogP contribution in [-0.2, 0) is 21.1 Å². The lowest BCUT2D eigenvalue weighted by Gasteiger charge is -2.13. The number of sulfone groups is 1. The van der Waals surface area contributed by atoms with Crippen LogP contribution in [0.2, 0.25) is 0 Å². The molecule has 28 heavy (non-hydrogen) atoms. The van der Waals surface area contributed by atoms with Gasteiger partial charge in [0.1, 0.15) is 16.8 Å². The van der Waals surface area contributed by atoms with Crippen LogP contribution in [-0.4, -0.2) is 32.7 Å². The van der Waals surface area contributed by atoms with Crippen molar-refractivity contribution in [2.45, 2.75) is 43.3 Å². The summed E-state index contributed by atoms with van der Waals surface area (Å²) in [4.78, 5) is 12.2. The molecule has 1 atom stereocenters. The molecule has 2 aromatic rings. The number of carbonyl (C=O) groups is 1. The molecule has 7 heteroatoms. The summed E-state index contributed by atoms with van der Waals surface area (Å²) < 4.78 is 43.5. The van der Waals surface area contributed by atoms with E-state index in [1.54, 1.807) is 0 Å². The second-order valence-electron chi connectivity index (χ2n) is 6.53. The number of hydrogen-bond acceptors (Lipinski definition) is 4. The van der Waals surface area contributed by atoms with Gasteiger partial charge >= 0.3 is 0 Å². The van der Waals surface area contributed by atoms with Crippen molar-refractivity contribution in [3.63, 3.8) is 0 Å². The minimum absolute atomic E-state index is 0.0739. The average Bonchev–Trinajstić information content (AvgIpc) is 2.69. The molecule has 0 saturated carbocycles. The molecular weight excluding hydrogens is 381 g/mol. The maximum Gasteiger partial charge on any atom is 0.238 e. The van der Waals surface area contributed by atoms with E-state index in [1.165, 1.54) is 19.1 Å². The molecule has 1 N–H and O–H groups in total. The first-order valence-corrected chi connectivity index (χ1v) is 10.9. The molecule has 0 aliphatic heterocycles. The van der Waals surface area contributed by atoms with Gasteiger partial charge in [-0.2, -0.15) is 0 Å². The third-order valence-electron chi connectivity index (χ3n) is 4.38. The van der Waals surface area contributed by atoms with Gasteiger partial charge in [0.25, 0.3) is 0 Å². The van der Waals surface area contributed by atoms with Gasteiger partial charge in [-0.05, 0) is 61.7 Å². The first kappa shape index (κ1) is 21.9. The molecule has 0 aliphatic rings.